The topological polar surface area (TPSA) is 98.0 Å². The Morgan fingerprint density at radius 3 is 2.62 bits per heavy atom. The molecule has 7 nitrogen and oxygen atoms in total. The Hall–Kier alpha value is -3.22. The van der Waals surface area contributed by atoms with E-state index in [1.807, 2.05) is 0 Å². The molecule has 0 saturated carbocycles. The highest BCUT2D eigenvalue weighted by Crippen LogP contribution is 2.29. The van der Waals surface area contributed by atoms with Crippen LogP contribution < -0.4 is 14.6 Å². The smallest absolute Gasteiger partial charge is 0.373 e. The first kappa shape index (κ1) is 17.1. The Bertz CT molecular complexity index is 758. The van der Waals surface area contributed by atoms with Crippen LogP contribution in [0.25, 0.3) is 6.08 Å². The highest BCUT2D eigenvalue weighted by atomic mass is 16.5. The second-order valence-electron chi connectivity index (χ2n) is 4.61. The number of esters is 1. The first-order chi connectivity index (χ1) is 11.5. The van der Waals surface area contributed by atoms with Crippen molar-refractivity contribution in [1.82, 2.24) is 0 Å². The average molecular weight is 331 g/mol. The number of benzene rings is 1. The number of hydrogen-bond acceptors (Lipinski definition) is 7. The minimum Gasteiger partial charge on any atom is -0.545 e. The summed E-state index contributed by atoms with van der Waals surface area (Å²) in [5.74, 6) is -0.449. The Morgan fingerprint density at radius 2 is 1.96 bits per heavy atom. The van der Waals surface area contributed by atoms with E-state index in [1.54, 1.807) is 24.3 Å². The fourth-order valence-electron chi connectivity index (χ4n) is 1.89. The van der Waals surface area contributed by atoms with Crippen LogP contribution in [0.3, 0.4) is 0 Å². The van der Waals surface area contributed by atoms with Crippen LogP contribution in [0.2, 0.25) is 0 Å². The quantitative estimate of drug-likeness (QED) is 0.559. The van der Waals surface area contributed by atoms with Crippen molar-refractivity contribution in [1.29, 1.82) is 0 Å². The molecule has 0 aliphatic carbocycles. The zero-order valence-electron chi connectivity index (χ0n) is 13.1. The summed E-state index contributed by atoms with van der Waals surface area (Å²) in [5, 5.41) is 10.4. The standard InChI is InChI=1S/C17H16O7/c1-21-15-9-11(4-8-16(18)19)3-6-13(15)23-10-12-5-7-14(24-12)17(20)22-2/h3-9H,10H2,1-2H3,(H,18,19)/p-1/b8-4+. The lowest BCUT2D eigenvalue weighted by molar-refractivity contribution is -0.297. The number of methoxy groups -OCH3 is 2. The van der Waals surface area contributed by atoms with Gasteiger partial charge in [-0.15, -0.1) is 0 Å². The summed E-state index contributed by atoms with van der Waals surface area (Å²) in [6.07, 6.45) is 2.31. The van der Waals surface area contributed by atoms with E-state index in [0.717, 1.165) is 6.08 Å². The van der Waals surface area contributed by atoms with E-state index < -0.39 is 11.9 Å². The van der Waals surface area contributed by atoms with Crippen LogP contribution in [0.1, 0.15) is 21.9 Å². The third kappa shape index (κ3) is 4.39. The van der Waals surface area contributed by atoms with Crippen LogP contribution in [0.15, 0.2) is 40.8 Å². The van der Waals surface area contributed by atoms with Gasteiger partial charge in [-0.05, 0) is 35.9 Å². The van der Waals surface area contributed by atoms with E-state index in [-0.39, 0.29) is 12.4 Å². The molecule has 0 spiro atoms. The van der Waals surface area contributed by atoms with E-state index in [9.17, 15) is 14.7 Å². The number of hydrogen-bond donors (Lipinski definition) is 0. The largest absolute Gasteiger partial charge is 0.545 e. The Balaban J connectivity index is 2.08. The van der Waals surface area contributed by atoms with E-state index in [2.05, 4.69) is 4.74 Å². The van der Waals surface area contributed by atoms with Crippen LogP contribution in [0.4, 0.5) is 0 Å². The van der Waals surface area contributed by atoms with Gasteiger partial charge < -0.3 is 28.5 Å². The van der Waals surface area contributed by atoms with Gasteiger partial charge >= 0.3 is 5.97 Å². The zero-order valence-corrected chi connectivity index (χ0v) is 13.1. The third-order valence-corrected chi connectivity index (χ3v) is 3.02. The Kier molecular flexibility index (Phi) is 5.62. The number of carbonyl (C=O) groups excluding carboxylic acids is 2. The number of carboxylic acid groups (broad SMARTS) is 1. The maximum Gasteiger partial charge on any atom is 0.373 e. The maximum atomic E-state index is 11.3. The molecule has 0 atom stereocenters. The lowest BCUT2D eigenvalue weighted by Gasteiger charge is -2.10. The maximum absolute atomic E-state index is 11.3. The van der Waals surface area contributed by atoms with E-state index in [0.29, 0.717) is 22.8 Å². The summed E-state index contributed by atoms with van der Waals surface area (Å²) in [6.45, 7) is 0.0849. The average Bonchev–Trinajstić information content (AvgIpc) is 3.06. The van der Waals surface area contributed by atoms with Crippen molar-refractivity contribution in [3.63, 3.8) is 0 Å². The molecule has 24 heavy (non-hydrogen) atoms. The van der Waals surface area contributed by atoms with Gasteiger partial charge in [-0.3, -0.25) is 0 Å². The molecule has 1 heterocycles. The normalized spacial score (nSPS) is 10.6. The van der Waals surface area contributed by atoms with Crippen molar-refractivity contribution in [3.8, 4) is 11.5 Å². The molecule has 0 aliphatic heterocycles. The van der Waals surface area contributed by atoms with Gasteiger partial charge in [0, 0.05) is 0 Å². The summed E-state index contributed by atoms with van der Waals surface area (Å²) < 4.78 is 20.7. The number of aliphatic carboxylic acids is 1. The lowest BCUT2D eigenvalue weighted by Crippen LogP contribution is -2.18. The van der Waals surface area contributed by atoms with Crippen LogP contribution in [0, 0.1) is 0 Å². The van der Waals surface area contributed by atoms with E-state index in [4.69, 9.17) is 13.9 Å². The van der Waals surface area contributed by atoms with Crippen LogP contribution in [-0.2, 0) is 16.1 Å². The molecule has 126 valence electrons. The number of rotatable bonds is 7. The summed E-state index contributed by atoms with van der Waals surface area (Å²) >= 11 is 0. The van der Waals surface area contributed by atoms with E-state index >= 15 is 0 Å². The molecule has 7 heteroatoms. The Labute approximate surface area is 138 Å². The van der Waals surface area contributed by atoms with Crippen molar-refractivity contribution in [3.05, 3.63) is 53.5 Å². The first-order valence-electron chi connectivity index (χ1n) is 6.90. The monoisotopic (exact) mass is 331 g/mol. The van der Waals surface area contributed by atoms with Crippen LogP contribution in [0.5, 0.6) is 11.5 Å². The summed E-state index contributed by atoms with van der Waals surface area (Å²) in [6, 6.07) is 8.03. The molecule has 0 aliphatic rings. The number of carboxylic acids is 1. The van der Waals surface area contributed by atoms with Gasteiger partial charge in [0.05, 0.1) is 20.2 Å². The summed E-state index contributed by atoms with van der Waals surface area (Å²) in [7, 11) is 2.74. The van der Waals surface area contributed by atoms with Crippen LogP contribution in [-0.4, -0.2) is 26.2 Å². The van der Waals surface area contributed by atoms with Crippen molar-refractivity contribution in [2.45, 2.75) is 6.61 Å². The van der Waals surface area contributed by atoms with Gasteiger partial charge in [-0.25, -0.2) is 4.79 Å². The predicted molar refractivity (Wildman–Crippen MR) is 81.4 cm³/mol. The fourth-order valence-corrected chi connectivity index (χ4v) is 1.89. The number of ether oxygens (including phenoxy) is 3. The summed E-state index contributed by atoms with van der Waals surface area (Å²) in [5.41, 5.74) is 0.620. The second kappa shape index (κ2) is 7.87. The molecule has 0 N–H and O–H groups in total. The SMILES string of the molecule is COC(=O)c1ccc(COc2ccc(/C=C/C(=O)[O-])cc2OC)o1. The van der Waals surface area contributed by atoms with Crippen molar-refractivity contribution in [2.75, 3.05) is 14.2 Å². The molecule has 2 aromatic rings. The molecular weight excluding hydrogens is 316 g/mol. The van der Waals surface area contributed by atoms with Gasteiger partial charge in [0.2, 0.25) is 5.76 Å². The second-order valence-corrected chi connectivity index (χ2v) is 4.61. The molecule has 1 aromatic carbocycles. The Morgan fingerprint density at radius 1 is 1.17 bits per heavy atom. The van der Waals surface area contributed by atoms with Crippen molar-refractivity contribution >= 4 is 18.0 Å². The zero-order chi connectivity index (χ0) is 17.5. The fraction of sp³-hybridized carbons (Fsp3) is 0.176. The van der Waals surface area contributed by atoms with Gasteiger partial charge in [0.1, 0.15) is 12.4 Å². The highest BCUT2D eigenvalue weighted by molar-refractivity contribution is 5.86. The molecule has 2 rings (SSSR count). The minimum atomic E-state index is -1.28. The molecule has 0 bridgehead atoms. The molecule has 0 unspecified atom stereocenters. The molecule has 0 radical (unpaired) electrons. The number of carbonyl (C=O) groups is 2. The predicted octanol–water partition coefficient (Wildman–Crippen LogP) is 1.42. The van der Waals surface area contributed by atoms with Gasteiger partial charge in [0.25, 0.3) is 0 Å². The highest BCUT2D eigenvalue weighted by Gasteiger charge is 2.12. The lowest BCUT2D eigenvalue weighted by atomic mass is 10.2. The third-order valence-electron chi connectivity index (χ3n) is 3.02. The van der Waals surface area contributed by atoms with Crippen molar-refractivity contribution < 1.29 is 33.3 Å². The van der Waals surface area contributed by atoms with E-state index in [1.165, 1.54) is 26.4 Å². The molecule has 1 aromatic heterocycles. The van der Waals surface area contributed by atoms with Gasteiger partial charge in [-0.2, -0.15) is 0 Å². The van der Waals surface area contributed by atoms with Crippen LogP contribution >= 0.6 is 0 Å². The first-order valence-corrected chi connectivity index (χ1v) is 6.90. The minimum absolute atomic E-state index is 0.0849. The molecule has 0 amide bonds. The number of furan rings is 1. The van der Waals surface area contributed by atoms with Gasteiger partial charge in [-0.1, -0.05) is 12.1 Å². The molecular formula is C17H15O7-. The summed E-state index contributed by atoms with van der Waals surface area (Å²) in [4.78, 5) is 21.7. The molecule has 0 saturated heterocycles. The van der Waals surface area contributed by atoms with Gasteiger partial charge in [0.15, 0.2) is 11.5 Å². The van der Waals surface area contributed by atoms with Crippen molar-refractivity contribution in [2.24, 2.45) is 0 Å². The molecule has 0 fully saturated rings.